The maximum absolute atomic E-state index is 13.5. The number of morpholine rings is 1. The fourth-order valence-corrected chi connectivity index (χ4v) is 5.07. The predicted molar refractivity (Wildman–Crippen MR) is 153 cm³/mol. The fraction of sp³-hybridized carbons (Fsp3) is 0.484. The summed E-state index contributed by atoms with van der Waals surface area (Å²) >= 11 is 0. The lowest BCUT2D eigenvalue weighted by Gasteiger charge is -2.31. The molecule has 1 saturated heterocycles. The summed E-state index contributed by atoms with van der Waals surface area (Å²) < 4.78 is 11.3. The van der Waals surface area contributed by atoms with Gasteiger partial charge in [0, 0.05) is 33.1 Å². The van der Waals surface area contributed by atoms with E-state index in [4.69, 9.17) is 9.47 Å². The molecule has 2 aliphatic rings. The van der Waals surface area contributed by atoms with Gasteiger partial charge in [-0.05, 0) is 30.5 Å². The van der Waals surface area contributed by atoms with E-state index < -0.39 is 23.9 Å². The Morgan fingerprint density at radius 3 is 2.34 bits per heavy atom. The van der Waals surface area contributed by atoms with E-state index in [9.17, 15) is 19.2 Å². The average molecular weight is 565 g/mol. The maximum Gasteiger partial charge on any atom is 0.255 e. The van der Waals surface area contributed by atoms with Gasteiger partial charge in [0.25, 0.3) is 5.91 Å². The molecule has 2 heterocycles. The highest BCUT2D eigenvalue weighted by atomic mass is 16.5. The second kappa shape index (κ2) is 15.2. The Kier molecular flexibility index (Phi) is 11.1. The molecular formula is C31H40N4O6. The topological polar surface area (TPSA) is 117 Å². The van der Waals surface area contributed by atoms with Crippen molar-refractivity contribution in [2.45, 2.75) is 50.6 Å². The molecule has 0 aliphatic carbocycles. The van der Waals surface area contributed by atoms with Crippen LogP contribution in [0.15, 0.2) is 54.6 Å². The monoisotopic (exact) mass is 564 g/mol. The van der Waals surface area contributed by atoms with Gasteiger partial charge in [-0.25, -0.2) is 0 Å². The number of hydrogen-bond acceptors (Lipinski definition) is 6. The number of ether oxygens (including phenoxy) is 2. The van der Waals surface area contributed by atoms with E-state index in [0.717, 1.165) is 31.2 Å². The molecule has 4 amide bonds. The van der Waals surface area contributed by atoms with E-state index in [2.05, 4.69) is 10.6 Å². The Labute approximate surface area is 241 Å². The Morgan fingerprint density at radius 1 is 0.854 bits per heavy atom. The van der Waals surface area contributed by atoms with Crippen LogP contribution in [0, 0.1) is 0 Å². The van der Waals surface area contributed by atoms with Crippen LogP contribution in [0.5, 0.6) is 5.75 Å². The fourth-order valence-electron chi connectivity index (χ4n) is 5.07. The number of rotatable bonds is 3. The molecule has 2 aliphatic heterocycles. The van der Waals surface area contributed by atoms with Crippen LogP contribution in [-0.4, -0.2) is 92.0 Å². The first-order valence-electron chi connectivity index (χ1n) is 14.4. The van der Waals surface area contributed by atoms with Crippen LogP contribution in [0.1, 0.15) is 48.0 Å². The zero-order valence-corrected chi connectivity index (χ0v) is 23.7. The van der Waals surface area contributed by atoms with Crippen molar-refractivity contribution in [3.05, 3.63) is 65.7 Å². The molecule has 1 fully saturated rings. The number of fused-ring (bicyclic) bond motifs is 1. The van der Waals surface area contributed by atoms with Crippen molar-refractivity contribution in [2.75, 3.05) is 46.5 Å². The van der Waals surface area contributed by atoms with E-state index in [1.807, 2.05) is 30.3 Å². The van der Waals surface area contributed by atoms with Gasteiger partial charge >= 0.3 is 0 Å². The molecule has 0 unspecified atom stereocenters. The number of benzene rings is 2. The van der Waals surface area contributed by atoms with Crippen molar-refractivity contribution in [3.8, 4) is 5.75 Å². The first-order valence-corrected chi connectivity index (χ1v) is 14.4. The van der Waals surface area contributed by atoms with Crippen molar-refractivity contribution in [1.82, 2.24) is 20.4 Å². The Morgan fingerprint density at radius 2 is 1.56 bits per heavy atom. The highest BCUT2D eigenvalue weighted by molar-refractivity contribution is 6.01. The van der Waals surface area contributed by atoms with Crippen molar-refractivity contribution < 1.29 is 28.7 Å². The predicted octanol–water partition coefficient (Wildman–Crippen LogP) is 2.17. The summed E-state index contributed by atoms with van der Waals surface area (Å²) in [4.78, 5) is 57.1. The van der Waals surface area contributed by atoms with Gasteiger partial charge in [-0.15, -0.1) is 0 Å². The first kappa shape index (κ1) is 30.0. The quantitative estimate of drug-likeness (QED) is 0.590. The summed E-state index contributed by atoms with van der Waals surface area (Å²) in [5.74, 6) is -1.13. The van der Waals surface area contributed by atoms with Crippen LogP contribution >= 0.6 is 0 Å². The molecule has 0 saturated carbocycles. The van der Waals surface area contributed by atoms with E-state index in [1.165, 1.54) is 0 Å². The highest BCUT2D eigenvalue weighted by Crippen LogP contribution is 2.19. The third kappa shape index (κ3) is 8.78. The molecule has 220 valence electrons. The molecule has 10 nitrogen and oxygen atoms in total. The molecule has 0 spiro atoms. The van der Waals surface area contributed by atoms with Gasteiger partial charge in [-0.2, -0.15) is 0 Å². The van der Waals surface area contributed by atoms with E-state index in [-0.39, 0.29) is 18.2 Å². The van der Waals surface area contributed by atoms with Crippen molar-refractivity contribution in [2.24, 2.45) is 0 Å². The number of likely N-dealkylation sites (N-methyl/N-ethyl adjacent to an activating group) is 1. The molecule has 0 radical (unpaired) electrons. The van der Waals surface area contributed by atoms with E-state index in [1.54, 1.807) is 41.1 Å². The number of para-hydroxylation sites is 1. The third-order valence-electron chi connectivity index (χ3n) is 7.38. The zero-order chi connectivity index (χ0) is 29.0. The summed E-state index contributed by atoms with van der Waals surface area (Å²) in [6.07, 6.45) is 3.46. The Balaban J connectivity index is 1.60. The average Bonchev–Trinajstić information content (AvgIpc) is 2.99. The Hall–Kier alpha value is -3.92. The minimum absolute atomic E-state index is 0.194. The lowest BCUT2D eigenvalue weighted by Crippen LogP contribution is -2.55. The third-order valence-corrected chi connectivity index (χ3v) is 7.38. The van der Waals surface area contributed by atoms with Gasteiger partial charge in [0.1, 0.15) is 17.8 Å². The lowest BCUT2D eigenvalue weighted by atomic mass is 10.0. The van der Waals surface area contributed by atoms with Crippen LogP contribution in [0.25, 0.3) is 0 Å². The minimum Gasteiger partial charge on any atom is -0.493 e. The molecule has 0 aromatic heterocycles. The number of carbonyl (C=O) groups is 4. The number of carbonyl (C=O) groups excluding carboxylic acids is 4. The largest absolute Gasteiger partial charge is 0.493 e. The molecule has 2 aromatic carbocycles. The van der Waals surface area contributed by atoms with Crippen LogP contribution in [0.2, 0.25) is 0 Å². The molecule has 41 heavy (non-hydrogen) atoms. The van der Waals surface area contributed by atoms with Gasteiger partial charge in [0.2, 0.25) is 17.7 Å². The maximum atomic E-state index is 13.5. The van der Waals surface area contributed by atoms with Crippen molar-refractivity contribution in [1.29, 1.82) is 0 Å². The molecule has 10 heteroatoms. The summed E-state index contributed by atoms with van der Waals surface area (Å²) in [5.41, 5.74) is 1.21. The molecule has 2 atom stereocenters. The number of nitrogens with zero attached hydrogens (tertiary/aromatic N) is 2. The second-order valence-corrected chi connectivity index (χ2v) is 10.5. The van der Waals surface area contributed by atoms with Gasteiger partial charge in [-0.1, -0.05) is 55.3 Å². The molecular weight excluding hydrogens is 524 g/mol. The lowest BCUT2D eigenvalue weighted by molar-refractivity contribution is -0.140. The van der Waals surface area contributed by atoms with Crippen molar-refractivity contribution >= 4 is 23.6 Å². The minimum atomic E-state index is -1.13. The van der Waals surface area contributed by atoms with Crippen molar-refractivity contribution in [3.63, 3.8) is 0 Å². The summed E-state index contributed by atoms with van der Waals surface area (Å²) in [6.45, 7) is 2.51. The van der Waals surface area contributed by atoms with Crippen LogP contribution in [-0.2, 0) is 25.5 Å². The number of amides is 4. The van der Waals surface area contributed by atoms with Crippen LogP contribution < -0.4 is 15.4 Å². The SMILES string of the molecule is CN1CCCCCCOc2ccccc2C(=O)N[C@H](C(=O)N2CCOCC2)CC(=O)N[C@@H](Cc2ccccc2)C1=O. The number of nitrogens with one attached hydrogen (secondary N) is 2. The molecule has 4 rings (SSSR count). The van der Waals surface area contributed by atoms with Crippen LogP contribution in [0.4, 0.5) is 0 Å². The Bertz CT molecular complexity index is 1180. The standard InChI is InChI=1S/C31H40N4O6/c1-34-15-9-2-3-10-18-41-27-14-8-7-13-24(27)29(37)33-26(31(39)35-16-19-40-20-17-35)22-28(36)32-25(30(34)38)21-23-11-5-4-6-12-23/h4-8,11-14,25-26H,2-3,9-10,15-22H2,1H3,(H,32,36)(H,33,37)/t25-,26-/m0/s1. The first-order chi connectivity index (χ1) is 19.9. The molecule has 2 N–H and O–H groups in total. The second-order valence-electron chi connectivity index (χ2n) is 10.5. The van der Waals surface area contributed by atoms with E-state index >= 15 is 0 Å². The summed E-state index contributed by atoms with van der Waals surface area (Å²) in [6, 6.07) is 14.5. The molecule has 0 bridgehead atoms. The summed E-state index contributed by atoms with van der Waals surface area (Å²) in [7, 11) is 1.75. The van der Waals surface area contributed by atoms with Gasteiger partial charge in [0.15, 0.2) is 0 Å². The van der Waals surface area contributed by atoms with Crippen LogP contribution in [0.3, 0.4) is 0 Å². The zero-order valence-electron chi connectivity index (χ0n) is 23.7. The smallest absolute Gasteiger partial charge is 0.255 e. The molecule has 2 aromatic rings. The highest BCUT2D eigenvalue weighted by Gasteiger charge is 2.32. The van der Waals surface area contributed by atoms with Gasteiger partial charge < -0.3 is 29.9 Å². The van der Waals surface area contributed by atoms with Gasteiger partial charge in [0.05, 0.1) is 31.8 Å². The normalized spacial score (nSPS) is 21.9. The van der Waals surface area contributed by atoms with Gasteiger partial charge in [-0.3, -0.25) is 19.2 Å². The number of hydrogen-bond donors (Lipinski definition) is 2. The van der Waals surface area contributed by atoms with E-state index in [0.29, 0.717) is 57.2 Å². The summed E-state index contributed by atoms with van der Waals surface area (Å²) in [5, 5.41) is 5.65.